The van der Waals surface area contributed by atoms with Gasteiger partial charge in [0.15, 0.2) is 0 Å². The van der Waals surface area contributed by atoms with Crippen LogP contribution in [0.4, 0.5) is 0 Å². The quantitative estimate of drug-likeness (QED) is 0.526. The van der Waals surface area contributed by atoms with Gasteiger partial charge in [-0.2, -0.15) is 0 Å². The van der Waals surface area contributed by atoms with Crippen molar-refractivity contribution in [2.45, 2.75) is 20.0 Å². The number of hydrogen-bond donors (Lipinski definition) is 1. The van der Waals surface area contributed by atoms with Gasteiger partial charge in [-0.25, -0.2) is 4.79 Å². The van der Waals surface area contributed by atoms with E-state index in [-0.39, 0.29) is 11.2 Å². The van der Waals surface area contributed by atoms with Crippen molar-refractivity contribution in [1.29, 1.82) is 0 Å². The maximum absolute atomic E-state index is 11.7. The van der Waals surface area contributed by atoms with Crippen molar-refractivity contribution in [2.24, 2.45) is 0 Å². The number of hydrogen-bond acceptors (Lipinski definition) is 3. The van der Waals surface area contributed by atoms with Crippen LogP contribution >= 0.6 is 0 Å². The molecule has 0 fully saturated rings. The van der Waals surface area contributed by atoms with Crippen molar-refractivity contribution in [1.82, 2.24) is 14.5 Å². The Morgan fingerprint density at radius 1 is 1.50 bits per heavy atom. The van der Waals surface area contributed by atoms with Gasteiger partial charge in [0.1, 0.15) is 0 Å². The summed E-state index contributed by atoms with van der Waals surface area (Å²) >= 11 is 0. The molecule has 0 aromatic carbocycles. The molecule has 86 valence electrons. The molecule has 0 amide bonds. The Morgan fingerprint density at radius 2 is 2.25 bits per heavy atom. The highest BCUT2D eigenvalue weighted by Gasteiger charge is 2.02. The molecule has 0 spiro atoms. The van der Waals surface area contributed by atoms with Crippen LogP contribution in [0.15, 0.2) is 21.9 Å². The summed E-state index contributed by atoms with van der Waals surface area (Å²) in [6, 6.07) is 1.39. The van der Waals surface area contributed by atoms with Crippen molar-refractivity contribution < 1.29 is 0 Å². The molecular weight excluding hydrogens is 206 g/mol. The van der Waals surface area contributed by atoms with Crippen LogP contribution in [0.3, 0.4) is 0 Å². The normalized spacial score (nSPS) is 10.0. The molecule has 0 radical (unpaired) electrons. The topological polar surface area (TPSA) is 56.0 Å². The summed E-state index contributed by atoms with van der Waals surface area (Å²) in [5.41, 5.74) is -0.560. The second-order valence-electron chi connectivity index (χ2n) is 3.26. The smallest absolute Gasteiger partial charge is 0.304 e. The van der Waals surface area contributed by atoms with Crippen LogP contribution in [-0.2, 0) is 13.1 Å². The van der Waals surface area contributed by atoms with Gasteiger partial charge in [0.25, 0.3) is 5.56 Å². The lowest BCUT2D eigenvalue weighted by molar-refractivity contribution is 0.544. The lowest BCUT2D eigenvalue weighted by atomic mass is 10.5. The predicted molar refractivity (Wildman–Crippen MR) is 62.3 cm³/mol. The molecule has 0 atom stereocenters. The predicted octanol–water partition coefficient (Wildman–Crippen LogP) is -0.747. The van der Waals surface area contributed by atoms with Crippen LogP contribution in [0.1, 0.15) is 6.92 Å². The molecule has 0 unspecified atom stereocenters. The van der Waals surface area contributed by atoms with Crippen LogP contribution in [0.25, 0.3) is 0 Å². The molecule has 5 nitrogen and oxygen atoms in total. The first-order valence-electron chi connectivity index (χ1n) is 5.15. The minimum Gasteiger partial charge on any atom is -0.304 e. The van der Waals surface area contributed by atoms with Gasteiger partial charge in [0.05, 0.1) is 6.54 Å². The van der Waals surface area contributed by atoms with Gasteiger partial charge in [-0.05, 0) is 6.92 Å². The molecule has 0 aliphatic heterocycles. The van der Waals surface area contributed by atoms with Crippen LogP contribution in [-0.4, -0.2) is 22.2 Å². The average Bonchev–Trinajstić information content (AvgIpc) is 2.28. The van der Waals surface area contributed by atoms with E-state index in [9.17, 15) is 9.59 Å². The van der Waals surface area contributed by atoms with E-state index in [0.29, 0.717) is 26.2 Å². The lowest BCUT2D eigenvalue weighted by Crippen LogP contribution is -2.40. The van der Waals surface area contributed by atoms with Gasteiger partial charge in [-0.1, -0.05) is 5.92 Å². The average molecular weight is 221 g/mol. The monoisotopic (exact) mass is 221 g/mol. The van der Waals surface area contributed by atoms with Crippen LogP contribution in [0, 0.1) is 12.3 Å². The Morgan fingerprint density at radius 3 is 2.88 bits per heavy atom. The molecule has 1 aromatic heterocycles. The van der Waals surface area contributed by atoms with Crippen molar-refractivity contribution in [3.8, 4) is 12.3 Å². The molecule has 1 rings (SSSR count). The minimum absolute atomic E-state index is 0.280. The summed E-state index contributed by atoms with van der Waals surface area (Å²) in [5.74, 6) is 2.42. The van der Waals surface area contributed by atoms with Gasteiger partial charge < -0.3 is 9.88 Å². The summed E-state index contributed by atoms with van der Waals surface area (Å²) in [7, 11) is 0. The van der Waals surface area contributed by atoms with E-state index in [0.717, 1.165) is 0 Å². The number of nitrogens with one attached hydrogen (secondary N) is 1. The molecule has 0 saturated carbocycles. The van der Waals surface area contributed by atoms with Gasteiger partial charge in [-0.3, -0.25) is 9.36 Å². The van der Waals surface area contributed by atoms with E-state index in [1.807, 2.05) is 6.92 Å². The van der Waals surface area contributed by atoms with E-state index in [1.165, 1.54) is 21.4 Å². The molecule has 0 aliphatic carbocycles. The molecule has 5 heteroatoms. The lowest BCUT2D eigenvalue weighted by Gasteiger charge is -2.07. The van der Waals surface area contributed by atoms with E-state index < -0.39 is 0 Å². The summed E-state index contributed by atoms with van der Waals surface area (Å²) in [6.07, 6.45) is 6.58. The van der Waals surface area contributed by atoms with Gasteiger partial charge in [0.2, 0.25) is 0 Å². The fraction of sp³-hybridized carbons (Fsp3) is 0.455. The van der Waals surface area contributed by atoms with Crippen LogP contribution in [0.2, 0.25) is 0 Å². The Bertz CT molecular complexity index is 493. The molecule has 1 N–H and O–H groups in total. The maximum atomic E-state index is 11.7. The van der Waals surface area contributed by atoms with Crippen molar-refractivity contribution in [3.05, 3.63) is 33.1 Å². The van der Waals surface area contributed by atoms with E-state index in [2.05, 4.69) is 11.2 Å². The zero-order chi connectivity index (χ0) is 12.0. The third-order valence-corrected chi connectivity index (χ3v) is 2.22. The molecular formula is C11H15N3O2. The maximum Gasteiger partial charge on any atom is 0.330 e. The van der Waals surface area contributed by atoms with Crippen LogP contribution in [0.5, 0.6) is 0 Å². The molecule has 0 aliphatic rings. The largest absolute Gasteiger partial charge is 0.330 e. The van der Waals surface area contributed by atoms with Gasteiger partial charge in [-0.15, -0.1) is 6.42 Å². The Kier molecular flexibility index (Phi) is 4.55. The third kappa shape index (κ3) is 2.84. The standard InChI is InChI=1S/C11H15N3O2/c1-3-6-12-7-9-14-10(15)5-8-13(4-2)11(14)16/h1,5,8,12H,4,6-7,9H2,2H3. The zero-order valence-electron chi connectivity index (χ0n) is 9.27. The third-order valence-electron chi connectivity index (χ3n) is 2.22. The molecule has 1 heterocycles. The number of aryl methyl sites for hydroxylation is 1. The second-order valence-corrected chi connectivity index (χ2v) is 3.26. The number of terminal acetylenes is 1. The fourth-order valence-corrected chi connectivity index (χ4v) is 1.35. The first-order valence-corrected chi connectivity index (χ1v) is 5.15. The van der Waals surface area contributed by atoms with Crippen molar-refractivity contribution >= 4 is 0 Å². The zero-order valence-corrected chi connectivity index (χ0v) is 9.27. The van der Waals surface area contributed by atoms with Gasteiger partial charge >= 0.3 is 5.69 Å². The van der Waals surface area contributed by atoms with Crippen molar-refractivity contribution in [2.75, 3.05) is 13.1 Å². The van der Waals surface area contributed by atoms with E-state index >= 15 is 0 Å². The molecule has 0 saturated heterocycles. The fourth-order valence-electron chi connectivity index (χ4n) is 1.35. The SMILES string of the molecule is C#CCNCCn1c(=O)ccn(CC)c1=O. The van der Waals surface area contributed by atoms with Gasteiger partial charge in [0, 0.05) is 31.9 Å². The summed E-state index contributed by atoms with van der Waals surface area (Å²) < 4.78 is 2.69. The number of nitrogens with zero attached hydrogens (tertiary/aromatic N) is 2. The Hall–Kier alpha value is -1.80. The summed E-state index contributed by atoms with van der Waals surface area (Å²) in [5, 5.41) is 2.93. The summed E-state index contributed by atoms with van der Waals surface area (Å²) in [4.78, 5) is 23.2. The highest BCUT2D eigenvalue weighted by Crippen LogP contribution is 1.78. The molecule has 0 bridgehead atoms. The second kappa shape index (κ2) is 5.93. The number of aromatic nitrogens is 2. The van der Waals surface area contributed by atoms with Crippen LogP contribution < -0.4 is 16.6 Å². The summed E-state index contributed by atoms with van der Waals surface area (Å²) in [6.45, 7) is 3.68. The van der Waals surface area contributed by atoms with E-state index in [4.69, 9.17) is 6.42 Å². The minimum atomic E-state index is -0.280. The first kappa shape index (κ1) is 12.3. The Labute approximate surface area is 93.7 Å². The number of rotatable bonds is 5. The first-order chi connectivity index (χ1) is 7.70. The van der Waals surface area contributed by atoms with Crippen molar-refractivity contribution in [3.63, 3.8) is 0 Å². The molecule has 16 heavy (non-hydrogen) atoms. The highest BCUT2D eigenvalue weighted by molar-refractivity contribution is 4.88. The van der Waals surface area contributed by atoms with E-state index in [1.54, 1.807) is 0 Å². The highest BCUT2D eigenvalue weighted by atomic mass is 16.2. The molecule has 1 aromatic rings. The Balaban J connectivity index is 2.83.